The molecule has 1 aromatic heterocycles. The molecule has 0 spiro atoms. The maximum absolute atomic E-state index is 6.23. The topological polar surface area (TPSA) is 29.9 Å². The summed E-state index contributed by atoms with van der Waals surface area (Å²) in [5.41, 5.74) is 4.26. The predicted molar refractivity (Wildman–Crippen MR) is 84.2 cm³/mol. The highest BCUT2D eigenvalue weighted by molar-refractivity contribution is 6.33. The molecule has 0 saturated heterocycles. The number of hydrogen-bond donors (Lipinski definition) is 1. The van der Waals surface area contributed by atoms with Gasteiger partial charge >= 0.3 is 0 Å². The number of rotatable bonds is 3. The lowest BCUT2D eigenvalue weighted by atomic mass is 10.2. The van der Waals surface area contributed by atoms with Crippen molar-refractivity contribution in [2.75, 3.05) is 5.32 Å². The Labute approximate surface area is 123 Å². The van der Waals surface area contributed by atoms with E-state index in [0.29, 0.717) is 6.54 Å². The third kappa shape index (κ3) is 2.37. The predicted octanol–water partition coefficient (Wildman–Crippen LogP) is 4.15. The van der Waals surface area contributed by atoms with Crippen LogP contribution >= 0.6 is 11.6 Å². The van der Waals surface area contributed by atoms with Gasteiger partial charge in [-0.25, -0.2) is 0 Å². The molecule has 102 valence electrons. The summed E-state index contributed by atoms with van der Waals surface area (Å²) in [7, 11) is 1.96. The molecule has 3 rings (SSSR count). The second kappa shape index (κ2) is 5.17. The molecule has 0 amide bonds. The quantitative estimate of drug-likeness (QED) is 0.783. The molecule has 0 fully saturated rings. The maximum Gasteiger partial charge on any atom is 0.0894 e. The van der Waals surface area contributed by atoms with Crippen molar-refractivity contribution in [2.45, 2.75) is 13.5 Å². The minimum absolute atomic E-state index is 0.657. The minimum Gasteiger partial charge on any atom is -0.378 e. The highest BCUT2D eigenvalue weighted by Gasteiger charge is 2.08. The molecule has 0 radical (unpaired) electrons. The van der Waals surface area contributed by atoms with E-state index in [1.54, 1.807) is 0 Å². The molecule has 4 heteroatoms. The van der Waals surface area contributed by atoms with Crippen molar-refractivity contribution in [1.29, 1.82) is 0 Å². The van der Waals surface area contributed by atoms with E-state index >= 15 is 0 Å². The Morgan fingerprint density at radius 2 is 2.00 bits per heavy atom. The van der Waals surface area contributed by atoms with Gasteiger partial charge in [-0.1, -0.05) is 35.9 Å². The molecule has 0 aliphatic heterocycles. The molecule has 0 aliphatic carbocycles. The number of para-hydroxylation sites is 1. The Kier molecular flexibility index (Phi) is 3.36. The van der Waals surface area contributed by atoms with E-state index in [2.05, 4.69) is 22.5 Å². The van der Waals surface area contributed by atoms with Crippen LogP contribution in [-0.4, -0.2) is 9.78 Å². The molecule has 1 heterocycles. The van der Waals surface area contributed by atoms with E-state index in [9.17, 15) is 0 Å². The number of benzene rings is 2. The van der Waals surface area contributed by atoms with E-state index < -0.39 is 0 Å². The summed E-state index contributed by atoms with van der Waals surface area (Å²) in [5.74, 6) is 0. The Morgan fingerprint density at radius 3 is 2.80 bits per heavy atom. The summed E-state index contributed by atoms with van der Waals surface area (Å²) < 4.78 is 1.91. The molecular formula is C16H16ClN3. The highest BCUT2D eigenvalue weighted by Crippen LogP contribution is 2.24. The SMILES string of the molecule is Cc1ccc(NCc2nn(C)c3ccccc23)c(Cl)c1. The number of aryl methyl sites for hydroxylation is 2. The van der Waals surface area contributed by atoms with Crippen molar-refractivity contribution in [3.8, 4) is 0 Å². The Hall–Kier alpha value is -2.00. The van der Waals surface area contributed by atoms with Gasteiger partial charge in [0.15, 0.2) is 0 Å². The first-order chi connectivity index (χ1) is 9.65. The van der Waals surface area contributed by atoms with E-state index in [1.165, 1.54) is 5.39 Å². The van der Waals surface area contributed by atoms with Crippen LogP contribution in [0, 0.1) is 6.92 Å². The zero-order valence-corrected chi connectivity index (χ0v) is 12.3. The van der Waals surface area contributed by atoms with Gasteiger partial charge in [0.1, 0.15) is 0 Å². The molecule has 3 aromatic rings. The molecule has 20 heavy (non-hydrogen) atoms. The first-order valence-electron chi connectivity index (χ1n) is 6.56. The third-order valence-electron chi connectivity index (χ3n) is 3.41. The average molecular weight is 286 g/mol. The van der Waals surface area contributed by atoms with Gasteiger partial charge < -0.3 is 5.32 Å². The number of fused-ring (bicyclic) bond motifs is 1. The molecule has 0 unspecified atom stereocenters. The Bertz CT molecular complexity index is 762. The number of nitrogens with zero attached hydrogens (tertiary/aromatic N) is 2. The summed E-state index contributed by atoms with van der Waals surface area (Å²) in [5, 5.41) is 9.83. The van der Waals surface area contributed by atoms with Crippen LogP contribution in [0.25, 0.3) is 10.9 Å². The van der Waals surface area contributed by atoms with Crippen molar-refractivity contribution in [3.05, 3.63) is 58.7 Å². The third-order valence-corrected chi connectivity index (χ3v) is 3.72. The summed E-state index contributed by atoms with van der Waals surface area (Å²) >= 11 is 6.23. The van der Waals surface area contributed by atoms with Crippen LogP contribution < -0.4 is 5.32 Å². The van der Waals surface area contributed by atoms with E-state index in [4.69, 9.17) is 11.6 Å². The monoisotopic (exact) mass is 285 g/mol. The first-order valence-corrected chi connectivity index (χ1v) is 6.93. The van der Waals surface area contributed by atoms with Gasteiger partial charge in [0.25, 0.3) is 0 Å². The van der Waals surface area contributed by atoms with Gasteiger partial charge in [-0.2, -0.15) is 5.10 Å². The number of hydrogen-bond acceptors (Lipinski definition) is 2. The fraction of sp³-hybridized carbons (Fsp3) is 0.188. The summed E-state index contributed by atoms with van der Waals surface area (Å²) in [6, 6.07) is 14.2. The van der Waals surface area contributed by atoms with Gasteiger partial charge in [0.05, 0.1) is 28.5 Å². The zero-order chi connectivity index (χ0) is 14.1. The lowest BCUT2D eigenvalue weighted by Gasteiger charge is -2.07. The molecule has 1 N–H and O–H groups in total. The first kappa shape index (κ1) is 13.0. The van der Waals surface area contributed by atoms with E-state index in [-0.39, 0.29) is 0 Å². The summed E-state index contributed by atoms with van der Waals surface area (Å²) in [6.45, 7) is 2.69. The average Bonchev–Trinajstić information content (AvgIpc) is 2.75. The van der Waals surface area contributed by atoms with Crippen LogP contribution in [-0.2, 0) is 13.6 Å². The zero-order valence-electron chi connectivity index (χ0n) is 11.5. The van der Waals surface area contributed by atoms with Crippen molar-refractivity contribution < 1.29 is 0 Å². The van der Waals surface area contributed by atoms with Crippen LogP contribution in [0.5, 0.6) is 0 Å². The molecule has 3 nitrogen and oxygen atoms in total. The summed E-state index contributed by atoms with van der Waals surface area (Å²) in [6.07, 6.45) is 0. The van der Waals surface area contributed by atoms with Gasteiger partial charge in [-0.15, -0.1) is 0 Å². The Balaban J connectivity index is 1.87. The lowest BCUT2D eigenvalue weighted by molar-refractivity contribution is 0.771. The lowest BCUT2D eigenvalue weighted by Crippen LogP contribution is -2.02. The number of nitrogens with one attached hydrogen (secondary N) is 1. The number of aromatic nitrogens is 2. The van der Waals surface area contributed by atoms with Crippen LogP contribution in [0.4, 0.5) is 5.69 Å². The molecule has 2 aromatic carbocycles. The standard InChI is InChI=1S/C16H16ClN3/c1-11-7-8-14(13(17)9-11)18-10-15-12-5-3-4-6-16(12)20(2)19-15/h3-9,18H,10H2,1-2H3. The summed E-state index contributed by atoms with van der Waals surface area (Å²) in [4.78, 5) is 0. The van der Waals surface area contributed by atoms with Crippen molar-refractivity contribution in [3.63, 3.8) is 0 Å². The molecule has 0 atom stereocenters. The van der Waals surface area contributed by atoms with Crippen LogP contribution in [0.3, 0.4) is 0 Å². The second-order valence-corrected chi connectivity index (χ2v) is 5.33. The van der Waals surface area contributed by atoms with E-state index in [0.717, 1.165) is 27.5 Å². The van der Waals surface area contributed by atoms with Gasteiger partial charge in [-0.05, 0) is 30.7 Å². The van der Waals surface area contributed by atoms with Gasteiger partial charge in [0, 0.05) is 12.4 Å². The molecule has 0 aliphatic rings. The van der Waals surface area contributed by atoms with Gasteiger partial charge in [-0.3, -0.25) is 4.68 Å². The normalized spacial score (nSPS) is 10.9. The maximum atomic E-state index is 6.23. The fourth-order valence-electron chi connectivity index (χ4n) is 2.36. The number of anilines is 1. The Morgan fingerprint density at radius 1 is 1.20 bits per heavy atom. The minimum atomic E-state index is 0.657. The van der Waals surface area contributed by atoms with E-state index in [1.807, 2.05) is 49.0 Å². The van der Waals surface area contributed by atoms with Crippen LogP contribution in [0.15, 0.2) is 42.5 Å². The van der Waals surface area contributed by atoms with Crippen LogP contribution in [0.2, 0.25) is 5.02 Å². The molecule has 0 saturated carbocycles. The van der Waals surface area contributed by atoms with Crippen molar-refractivity contribution >= 4 is 28.2 Å². The molecular weight excluding hydrogens is 270 g/mol. The van der Waals surface area contributed by atoms with Crippen molar-refractivity contribution in [1.82, 2.24) is 9.78 Å². The fourth-order valence-corrected chi connectivity index (χ4v) is 2.66. The van der Waals surface area contributed by atoms with Crippen molar-refractivity contribution in [2.24, 2.45) is 7.05 Å². The highest BCUT2D eigenvalue weighted by atomic mass is 35.5. The van der Waals surface area contributed by atoms with Crippen LogP contribution in [0.1, 0.15) is 11.3 Å². The second-order valence-electron chi connectivity index (χ2n) is 4.92. The molecule has 0 bridgehead atoms. The smallest absolute Gasteiger partial charge is 0.0894 e. The number of halogens is 1. The largest absolute Gasteiger partial charge is 0.378 e. The van der Waals surface area contributed by atoms with Gasteiger partial charge in [0.2, 0.25) is 0 Å².